The number of piperidine rings is 1. The molecule has 0 unspecified atom stereocenters. The molecule has 2 aliphatic rings. The highest BCUT2D eigenvalue weighted by atomic mass is 32.2. The predicted octanol–water partition coefficient (Wildman–Crippen LogP) is 6.74. The number of amidine groups is 1. The van der Waals surface area contributed by atoms with Crippen LogP contribution < -0.4 is 0 Å². The third-order valence-corrected chi connectivity index (χ3v) is 8.58. The smallest absolute Gasteiger partial charge is 0.286 e. The largest absolute Gasteiger partial charge is 0.351 e. The second-order valence-corrected chi connectivity index (χ2v) is 11.2. The van der Waals surface area contributed by atoms with Gasteiger partial charge in [0.2, 0.25) is 0 Å². The zero-order valence-corrected chi connectivity index (χ0v) is 21.8. The second-order valence-electron chi connectivity index (χ2n) is 9.07. The number of carbonyl (C=O) groups is 1. The number of aromatic nitrogens is 2. The van der Waals surface area contributed by atoms with Crippen LogP contribution in [0, 0.1) is 5.92 Å². The zero-order valence-electron chi connectivity index (χ0n) is 20.2. The van der Waals surface area contributed by atoms with Crippen LogP contribution in [-0.2, 0) is 4.79 Å². The number of likely N-dealkylation sites (tertiary alicyclic amines) is 1. The van der Waals surface area contributed by atoms with E-state index in [1.165, 1.54) is 16.7 Å². The van der Waals surface area contributed by atoms with Gasteiger partial charge in [0.15, 0.2) is 5.17 Å². The average Bonchev–Trinajstić information content (AvgIpc) is 3.48. The molecular weight excluding hydrogens is 472 g/mol. The number of para-hydroxylation sites is 1. The minimum atomic E-state index is -0.159. The number of thioether (sulfide) groups is 2. The molecule has 1 amide bonds. The molecule has 2 aromatic carbocycles. The van der Waals surface area contributed by atoms with Crippen molar-refractivity contribution in [3.8, 4) is 16.9 Å². The average molecular weight is 503 g/mol. The molecule has 1 fully saturated rings. The molecule has 0 bridgehead atoms. The van der Waals surface area contributed by atoms with Gasteiger partial charge in [0, 0.05) is 35.3 Å². The van der Waals surface area contributed by atoms with E-state index in [4.69, 9.17) is 5.10 Å². The van der Waals surface area contributed by atoms with Crippen molar-refractivity contribution in [2.24, 2.45) is 10.9 Å². The molecule has 0 radical (unpaired) electrons. The van der Waals surface area contributed by atoms with Crippen LogP contribution in [0.25, 0.3) is 23.0 Å². The van der Waals surface area contributed by atoms with Gasteiger partial charge in [-0.25, -0.2) is 4.68 Å². The summed E-state index contributed by atoms with van der Waals surface area (Å²) in [6.07, 6.45) is 7.40. The summed E-state index contributed by atoms with van der Waals surface area (Å²) in [5.41, 5.74) is 3.80. The standard InChI is InChI=1S/C28H30N4OS2/c1-3-17-34-24-11-9-21(10-12-24)26-22(19-32(30-26)23-7-5-4-6-8-23)18-25-27(33)29-28(35-25)31-15-13-20(2)14-16-31/h4-12,18-20H,3,13-17H2,1-2H3/b25-18-. The molecule has 3 heterocycles. The molecule has 5 rings (SSSR count). The Morgan fingerprint density at radius 3 is 2.54 bits per heavy atom. The van der Waals surface area contributed by atoms with Crippen LogP contribution in [0.2, 0.25) is 0 Å². The predicted molar refractivity (Wildman–Crippen MR) is 148 cm³/mol. The number of rotatable bonds is 6. The molecule has 35 heavy (non-hydrogen) atoms. The van der Waals surface area contributed by atoms with Gasteiger partial charge in [-0.3, -0.25) is 4.79 Å². The minimum absolute atomic E-state index is 0.159. The maximum absolute atomic E-state index is 12.8. The maximum Gasteiger partial charge on any atom is 0.286 e. The SMILES string of the molecule is CCCSc1ccc(-c2nn(-c3ccccc3)cc2/C=C2\SC(N3CCC(C)CC3)=NC2=O)cc1. The highest BCUT2D eigenvalue weighted by Gasteiger charge is 2.28. The van der Waals surface area contributed by atoms with Gasteiger partial charge in [0.25, 0.3) is 5.91 Å². The molecule has 7 heteroatoms. The zero-order chi connectivity index (χ0) is 24.2. The second kappa shape index (κ2) is 10.9. The Labute approximate surface area is 215 Å². The van der Waals surface area contributed by atoms with E-state index in [0.717, 1.165) is 71.7 Å². The molecule has 0 atom stereocenters. The van der Waals surface area contributed by atoms with Crippen LogP contribution in [0.4, 0.5) is 0 Å². The molecule has 3 aromatic rings. The van der Waals surface area contributed by atoms with Gasteiger partial charge in [-0.05, 0) is 73.0 Å². The summed E-state index contributed by atoms with van der Waals surface area (Å²) in [4.78, 5) is 21.4. The Hall–Kier alpha value is -2.77. The minimum Gasteiger partial charge on any atom is -0.351 e. The van der Waals surface area contributed by atoms with E-state index in [-0.39, 0.29) is 5.91 Å². The van der Waals surface area contributed by atoms with Crippen molar-refractivity contribution in [2.75, 3.05) is 18.8 Å². The first-order chi connectivity index (χ1) is 17.1. The Morgan fingerprint density at radius 2 is 1.83 bits per heavy atom. The third-order valence-electron chi connectivity index (χ3n) is 6.31. The lowest BCUT2D eigenvalue weighted by molar-refractivity contribution is -0.113. The summed E-state index contributed by atoms with van der Waals surface area (Å²) >= 11 is 3.35. The molecule has 5 nitrogen and oxygen atoms in total. The van der Waals surface area contributed by atoms with Crippen molar-refractivity contribution < 1.29 is 4.79 Å². The lowest BCUT2D eigenvalue weighted by Crippen LogP contribution is -2.35. The van der Waals surface area contributed by atoms with Gasteiger partial charge in [-0.2, -0.15) is 10.1 Å². The van der Waals surface area contributed by atoms with Gasteiger partial charge in [-0.1, -0.05) is 44.2 Å². The Kier molecular flexibility index (Phi) is 7.44. The Morgan fingerprint density at radius 1 is 1.09 bits per heavy atom. The first-order valence-corrected chi connectivity index (χ1v) is 14.1. The molecular formula is C28H30N4OS2. The van der Waals surface area contributed by atoms with Gasteiger partial charge in [0.05, 0.1) is 16.3 Å². The highest BCUT2D eigenvalue weighted by molar-refractivity contribution is 8.18. The van der Waals surface area contributed by atoms with E-state index in [2.05, 4.69) is 48.0 Å². The van der Waals surface area contributed by atoms with Crippen molar-refractivity contribution in [2.45, 2.75) is 38.0 Å². The summed E-state index contributed by atoms with van der Waals surface area (Å²) in [6.45, 7) is 6.42. The van der Waals surface area contributed by atoms with Crippen LogP contribution in [0.3, 0.4) is 0 Å². The van der Waals surface area contributed by atoms with Crippen molar-refractivity contribution in [1.82, 2.24) is 14.7 Å². The van der Waals surface area contributed by atoms with E-state index in [1.54, 1.807) is 0 Å². The lowest BCUT2D eigenvalue weighted by atomic mass is 10.00. The number of benzene rings is 2. The van der Waals surface area contributed by atoms with Crippen LogP contribution in [0.1, 0.15) is 38.7 Å². The summed E-state index contributed by atoms with van der Waals surface area (Å²) in [7, 11) is 0. The number of hydrogen-bond donors (Lipinski definition) is 0. The quantitative estimate of drug-likeness (QED) is 0.276. The van der Waals surface area contributed by atoms with E-state index in [1.807, 2.05) is 59.0 Å². The topological polar surface area (TPSA) is 50.5 Å². The molecule has 2 aliphatic heterocycles. The van der Waals surface area contributed by atoms with Gasteiger partial charge < -0.3 is 4.90 Å². The van der Waals surface area contributed by atoms with E-state index in [9.17, 15) is 4.79 Å². The summed E-state index contributed by atoms with van der Waals surface area (Å²) in [5.74, 6) is 1.69. The first-order valence-electron chi connectivity index (χ1n) is 12.3. The van der Waals surface area contributed by atoms with Gasteiger partial charge in [0.1, 0.15) is 0 Å². The van der Waals surface area contributed by atoms with E-state index < -0.39 is 0 Å². The van der Waals surface area contributed by atoms with Crippen LogP contribution in [0.15, 0.2) is 75.6 Å². The summed E-state index contributed by atoms with van der Waals surface area (Å²) < 4.78 is 1.89. The van der Waals surface area contributed by atoms with Crippen molar-refractivity contribution in [3.63, 3.8) is 0 Å². The van der Waals surface area contributed by atoms with E-state index in [0.29, 0.717) is 4.91 Å². The van der Waals surface area contributed by atoms with Crippen molar-refractivity contribution in [1.29, 1.82) is 0 Å². The van der Waals surface area contributed by atoms with Gasteiger partial charge in [-0.15, -0.1) is 11.8 Å². The van der Waals surface area contributed by atoms with Gasteiger partial charge >= 0.3 is 0 Å². The fraction of sp³-hybridized carbons (Fsp3) is 0.321. The molecule has 0 N–H and O–H groups in total. The number of nitrogens with zero attached hydrogens (tertiary/aromatic N) is 4. The first kappa shape index (κ1) is 23.9. The fourth-order valence-electron chi connectivity index (χ4n) is 4.23. The molecule has 0 saturated carbocycles. The van der Waals surface area contributed by atoms with Crippen molar-refractivity contribution >= 4 is 40.7 Å². The van der Waals surface area contributed by atoms with Crippen LogP contribution >= 0.6 is 23.5 Å². The lowest BCUT2D eigenvalue weighted by Gasteiger charge is -2.30. The maximum atomic E-state index is 12.8. The van der Waals surface area contributed by atoms with Crippen LogP contribution in [0.5, 0.6) is 0 Å². The Bertz CT molecular complexity index is 1240. The normalized spacial score (nSPS) is 17.9. The number of carbonyl (C=O) groups excluding carboxylic acids is 1. The monoisotopic (exact) mass is 502 g/mol. The number of aliphatic imine (C=N–C) groups is 1. The molecule has 1 aromatic heterocycles. The molecule has 180 valence electrons. The van der Waals surface area contributed by atoms with Crippen LogP contribution in [-0.4, -0.2) is 44.6 Å². The molecule has 0 aliphatic carbocycles. The highest BCUT2D eigenvalue weighted by Crippen LogP contribution is 2.35. The number of hydrogen-bond acceptors (Lipinski definition) is 5. The Balaban J connectivity index is 1.45. The summed E-state index contributed by atoms with van der Waals surface area (Å²) in [5, 5.41) is 5.76. The molecule has 0 spiro atoms. The van der Waals surface area contributed by atoms with Crippen molar-refractivity contribution in [3.05, 3.63) is 71.3 Å². The molecule has 1 saturated heterocycles. The van der Waals surface area contributed by atoms with E-state index >= 15 is 0 Å². The number of amides is 1. The third kappa shape index (κ3) is 5.57. The fourth-order valence-corrected chi connectivity index (χ4v) is 5.96. The summed E-state index contributed by atoms with van der Waals surface area (Å²) in [6, 6.07) is 18.6.